The summed E-state index contributed by atoms with van der Waals surface area (Å²) in [6.45, 7) is 2.77. The molecule has 0 spiro atoms. The summed E-state index contributed by atoms with van der Waals surface area (Å²) in [4.78, 5) is 24.0. The van der Waals surface area contributed by atoms with E-state index < -0.39 is 12.1 Å². The van der Waals surface area contributed by atoms with Crippen molar-refractivity contribution in [3.8, 4) is 0 Å². The van der Waals surface area contributed by atoms with E-state index in [2.05, 4.69) is 27.9 Å². The fraction of sp³-hybridized carbons (Fsp3) is 0.476. The van der Waals surface area contributed by atoms with E-state index in [9.17, 15) is 9.59 Å². The monoisotopic (exact) mass is 383 g/mol. The van der Waals surface area contributed by atoms with Gasteiger partial charge in [0.15, 0.2) is 0 Å². The number of carbonyl (C=O) groups excluding carboxylic acids is 2. The highest BCUT2D eigenvalue weighted by Crippen LogP contribution is 2.30. The Labute approximate surface area is 165 Å². The van der Waals surface area contributed by atoms with Crippen LogP contribution in [0.5, 0.6) is 0 Å². The third kappa shape index (κ3) is 4.91. The Morgan fingerprint density at radius 2 is 2.11 bits per heavy atom. The molecule has 28 heavy (non-hydrogen) atoms. The normalized spacial score (nSPS) is 16.8. The minimum Gasteiger partial charge on any atom is -0.352 e. The van der Waals surface area contributed by atoms with Crippen molar-refractivity contribution in [1.29, 1.82) is 0 Å². The summed E-state index contributed by atoms with van der Waals surface area (Å²) >= 11 is 0. The second kappa shape index (κ2) is 9.39. The topological polar surface area (TPSA) is 102 Å². The average Bonchev–Trinajstić information content (AvgIpc) is 3.09. The second-order valence-electron chi connectivity index (χ2n) is 7.35. The molecular formula is C21H29N5O2. The molecule has 3 amide bonds. The molecule has 4 N–H and O–H groups in total. The van der Waals surface area contributed by atoms with Gasteiger partial charge in [0.25, 0.3) is 0 Å². The highest BCUT2D eigenvalue weighted by molar-refractivity contribution is 5.86. The minimum absolute atomic E-state index is 0.0837. The van der Waals surface area contributed by atoms with E-state index in [0.717, 1.165) is 44.2 Å². The zero-order chi connectivity index (χ0) is 19.9. The van der Waals surface area contributed by atoms with Gasteiger partial charge in [0.05, 0.1) is 18.8 Å². The van der Waals surface area contributed by atoms with Crippen LogP contribution in [-0.4, -0.2) is 27.8 Å². The van der Waals surface area contributed by atoms with Gasteiger partial charge in [-0.1, -0.05) is 50.1 Å². The summed E-state index contributed by atoms with van der Waals surface area (Å²) < 4.78 is 2.03. The zero-order valence-electron chi connectivity index (χ0n) is 16.4. The molecule has 0 aliphatic heterocycles. The first-order valence-corrected chi connectivity index (χ1v) is 10.0. The Hall–Kier alpha value is -2.83. The maximum absolute atomic E-state index is 12.8. The zero-order valence-corrected chi connectivity index (χ0v) is 16.4. The van der Waals surface area contributed by atoms with Crippen LogP contribution in [0.1, 0.15) is 61.9 Å². The van der Waals surface area contributed by atoms with Gasteiger partial charge in [-0.15, -0.1) is 0 Å². The Balaban J connectivity index is 1.71. The first-order valence-electron chi connectivity index (χ1n) is 10.0. The number of nitrogens with zero attached hydrogens (tertiary/aromatic N) is 2. The summed E-state index contributed by atoms with van der Waals surface area (Å²) in [6.07, 6.45) is 7.05. The smallest absolute Gasteiger partial charge is 0.312 e. The van der Waals surface area contributed by atoms with Crippen LogP contribution in [0, 0.1) is 0 Å². The van der Waals surface area contributed by atoms with Crippen LogP contribution >= 0.6 is 0 Å². The summed E-state index contributed by atoms with van der Waals surface area (Å²) in [5.74, 6) is -0.180. The Morgan fingerprint density at radius 3 is 2.82 bits per heavy atom. The third-order valence-corrected chi connectivity index (χ3v) is 5.23. The van der Waals surface area contributed by atoms with Crippen molar-refractivity contribution in [1.82, 2.24) is 20.4 Å². The van der Waals surface area contributed by atoms with Crippen molar-refractivity contribution >= 4 is 11.9 Å². The molecule has 3 rings (SSSR count). The molecule has 2 unspecified atom stereocenters. The molecule has 2 aromatic rings. The Morgan fingerprint density at radius 1 is 1.32 bits per heavy atom. The average molecular weight is 383 g/mol. The second-order valence-corrected chi connectivity index (χ2v) is 7.35. The van der Waals surface area contributed by atoms with Crippen molar-refractivity contribution < 1.29 is 9.59 Å². The number of fused-ring (bicyclic) bond motifs is 1. The van der Waals surface area contributed by atoms with E-state index in [0.29, 0.717) is 6.42 Å². The lowest BCUT2D eigenvalue weighted by molar-refractivity contribution is -0.124. The molecule has 1 aromatic carbocycles. The van der Waals surface area contributed by atoms with Gasteiger partial charge in [-0.3, -0.25) is 9.48 Å². The van der Waals surface area contributed by atoms with E-state index in [-0.39, 0.29) is 11.9 Å². The molecule has 1 aliphatic carbocycles. The van der Waals surface area contributed by atoms with Crippen LogP contribution in [0.25, 0.3) is 0 Å². The van der Waals surface area contributed by atoms with Crippen LogP contribution < -0.4 is 16.4 Å². The third-order valence-electron chi connectivity index (χ3n) is 5.23. The summed E-state index contributed by atoms with van der Waals surface area (Å²) in [7, 11) is 0. The molecule has 2 atom stereocenters. The number of nitrogens with two attached hydrogens (primary N) is 1. The maximum Gasteiger partial charge on any atom is 0.312 e. The van der Waals surface area contributed by atoms with Crippen LogP contribution in [0.4, 0.5) is 4.79 Å². The summed E-state index contributed by atoms with van der Waals surface area (Å²) in [5, 5.41) is 10.2. The van der Waals surface area contributed by atoms with Gasteiger partial charge >= 0.3 is 6.03 Å². The van der Waals surface area contributed by atoms with Crippen LogP contribution in [0.2, 0.25) is 0 Å². The van der Waals surface area contributed by atoms with Crippen molar-refractivity contribution in [2.75, 3.05) is 0 Å². The number of carbonyl (C=O) groups is 2. The lowest BCUT2D eigenvalue weighted by atomic mass is 9.92. The lowest BCUT2D eigenvalue weighted by Crippen LogP contribution is -2.49. The van der Waals surface area contributed by atoms with Gasteiger partial charge in [-0.25, -0.2) is 4.79 Å². The van der Waals surface area contributed by atoms with E-state index >= 15 is 0 Å². The maximum atomic E-state index is 12.8. The molecule has 1 heterocycles. The molecule has 7 nitrogen and oxygen atoms in total. The largest absolute Gasteiger partial charge is 0.352 e. The minimum atomic E-state index is -0.670. The number of hydrogen-bond acceptors (Lipinski definition) is 3. The van der Waals surface area contributed by atoms with Gasteiger partial charge in [-0.05, 0) is 31.2 Å². The van der Waals surface area contributed by atoms with E-state index in [4.69, 9.17) is 5.73 Å². The molecule has 0 bridgehead atoms. The molecule has 7 heteroatoms. The molecular weight excluding hydrogens is 354 g/mol. The van der Waals surface area contributed by atoms with Crippen molar-refractivity contribution in [3.63, 3.8) is 0 Å². The predicted molar refractivity (Wildman–Crippen MR) is 108 cm³/mol. The quantitative estimate of drug-likeness (QED) is 0.653. The molecule has 1 aromatic heterocycles. The summed E-state index contributed by atoms with van der Waals surface area (Å²) in [5.41, 5.74) is 8.69. The lowest BCUT2D eigenvalue weighted by Gasteiger charge is -2.26. The molecule has 0 radical (unpaired) electrons. The molecule has 1 aliphatic rings. The first-order chi connectivity index (χ1) is 13.6. The van der Waals surface area contributed by atoms with Crippen LogP contribution in [0.3, 0.4) is 0 Å². The molecule has 150 valence electrons. The van der Waals surface area contributed by atoms with E-state index in [1.54, 1.807) is 0 Å². The Bertz CT molecular complexity index is 802. The highest BCUT2D eigenvalue weighted by Gasteiger charge is 2.28. The number of unbranched alkanes of at least 4 members (excludes halogenated alkanes) is 1. The number of urea groups is 1. The molecule has 0 fully saturated rings. The van der Waals surface area contributed by atoms with Crippen molar-refractivity contribution in [2.24, 2.45) is 5.73 Å². The number of rotatable bonds is 8. The number of hydrogen-bond donors (Lipinski definition) is 3. The number of benzene rings is 1. The van der Waals surface area contributed by atoms with Gasteiger partial charge in [0.1, 0.15) is 6.04 Å². The fourth-order valence-corrected chi connectivity index (χ4v) is 3.78. The molecule has 0 saturated heterocycles. The number of primary amides is 1. The molecule has 0 saturated carbocycles. The summed E-state index contributed by atoms with van der Waals surface area (Å²) in [6, 6.07) is 8.88. The van der Waals surface area contributed by atoms with Gasteiger partial charge < -0.3 is 16.4 Å². The van der Waals surface area contributed by atoms with Gasteiger partial charge in [-0.2, -0.15) is 5.10 Å². The SMILES string of the molecule is CCCCC(NC(N)=O)C(=O)NC1CCCc2c1cnn2Cc1ccccc1. The van der Waals surface area contributed by atoms with E-state index in [1.165, 1.54) is 11.3 Å². The van der Waals surface area contributed by atoms with Crippen molar-refractivity contribution in [3.05, 3.63) is 53.3 Å². The number of nitrogens with one attached hydrogen (secondary N) is 2. The predicted octanol–water partition coefficient (Wildman–Crippen LogP) is 2.65. The van der Waals surface area contributed by atoms with E-state index in [1.807, 2.05) is 36.0 Å². The van der Waals surface area contributed by atoms with Crippen LogP contribution in [-0.2, 0) is 17.8 Å². The van der Waals surface area contributed by atoms with Crippen LogP contribution in [0.15, 0.2) is 36.5 Å². The number of amides is 3. The first kappa shape index (κ1) is 19.9. The number of aromatic nitrogens is 2. The highest BCUT2D eigenvalue weighted by atomic mass is 16.2. The van der Waals surface area contributed by atoms with Gasteiger partial charge in [0, 0.05) is 11.3 Å². The van der Waals surface area contributed by atoms with Crippen molar-refractivity contribution in [2.45, 2.75) is 64.1 Å². The fourth-order valence-electron chi connectivity index (χ4n) is 3.78. The Kier molecular flexibility index (Phi) is 6.68. The van der Waals surface area contributed by atoms with Gasteiger partial charge in [0.2, 0.25) is 5.91 Å². The standard InChI is InChI=1S/C21H29N5O2/c1-2-3-10-18(25-21(22)28)20(27)24-17-11-7-12-19-16(17)13-23-26(19)14-15-8-5-4-6-9-15/h4-6,8-9,13,17-18H,2-3,7,10-12,14H2,1H3,(H,24,27)(H3,22,25,28).